The van der Waals surface area contributed by atoms with Crippen molar-refractivity contribution in [1.82, 2.24) is 4.98 Å². The van der Waals surface area contributed by atoms with Gasteiger partial charge >= 0.3 is 0 Å². The van der Waals surface area contributed by atoms with Gasteiger partial charge in [0.2, 0.25) is 0 Å². The van der Waals surface area contributed by atoms with E-state index < -0.39 is 0 Å². The maximum atomic E-state index is 13.1. The molecule has 2 aromatic rings. The summed E-state index contributed by atoms with van der Waals surface area (Å²) in [4.78, 5) is 4.79. The lowest BCUT2D eigenvalue weighted by Gasteiger charge is -2.25. The van der Waals surface area contributed by atoms with Crippen LogP contribution in [0.25, 0.3) is 10.2 Å². The van der Waals surface area contributed by atoms with E-state index in [1.807, 2.05) is 18.3 Å². The van der Waals surface area contributed by atoms with Gasteiger partial charge in [-0.15, -0.1) is 11.3 Å². The van der Waals surface area contributed by atoms with Crippen molar-refractivity contribution < 1.29 is 4.39 Å². The fourth-order valence-corrected chi connectivity index (χ4v) is 4.32. The molecule has 0 unspecified atom stereocenters. The summed E-state index contributed by atoms with van der Waals surface area (Å²) in [6, 6.07) is 6.78. The van der Waals surface area contributed by atoms with E-state index in [2.05, 4.69) is 32.0 Å². The van der Waals surface area contributed by atoms with Crippen molar-refractivity contribution in [3.05, 3.63) is 40.2 Å². The molecule has 0 bridgehead atoms. The molecule has 1 aliphatic rings. The van der Waals surface area contributed by atoms with Crippen LogP contribution in [-0.2, 0) is 5.41 Å². The first-order chi connectivity index (χ1) is 11.4. The van der Waals surface area contributed by atoms with Crippen molar-refractivity contribution in [2.24, 2.45) is 0 Å². The number of benzene rings is 1. The Morgan fingerprint density at radius 3 is 2.67 bits per heavy atom. The molecule has 0 N–H and O–H groups in total. The zero-order chi connectivity index (χ0) is 17.3. The minimum absolute atomic E-state index is 0.0172. The first-order valence-corrected chi connectivity index (χ1v) is 9.91. The lowest BCUT2D eigenvalue weighted by molar-refractivity contribution is 0.451. The number of allylic oxidation sites excluding steroid dienone is 2. The molecular weight excluding hydrogens is 317 g/mol. The Bertz CT molecular complexity index is 748. The molecule has 0 aliphatic heterocycles. The Morgan fingerprint density at radius 1 is 1.25 bits per heavy atom. The van der Waals surface area contributed by atoms with E-state index in [1.54, 1.807) is 6.92 Å². The van der Waals surface area contributed by atoms with Gasteiger partial charge in [0.05, 0.1) is 21.1 Å². The van der Waals surface area contributed by atoms with E-state index in [1.165, 1.54) is 28.1 Å². The summed E-state index contributed by atoms with van der Waals surface area (Å²) < 4.78 is 14.4. The monoisotopic (exact) mass is 345 g/mol. The van der Waals surface area contributed by atoms with Crippen LogP contribution in [0.2, 0.25) is 0 Å². The fraction of sp³-hybridized carbons (Fsp3) is 0.571. The van der Waals surface area contributed by atoms with Gasteiger partial charge in [0.15, 0.2) is 0 Å². The average molecular weight is 346 g/mol. The number of thiazole rings is 1. The van der Waals surface area contributed by atoms with Gasteiger partial charge in [-0.2, -0.15) is 0 Å². The standard InChI is InChI=1S/C21H28FNS/c1-14(15(2)22)7-5-6-12-21(3,4)17-10-11-18-19(13-17)24-20(23-18)16-8-9-16/h10-11,13,16H,5-9,12H2,1-4H3. The normalized spacial score (nSPS) is 16.5. The molecule has 0 spiro atoms. The van der Waals surface area contributed by atoms with Crippen molar-refractivity contribution in [2.75, 3.05) is 0 Å². The van der Waals surface area contributed by atoms with Crippen LogP contribution < -0.4 is 0 Å². The second-order valence-corrected chi connectivity index (χ2v) is 8.98. The highest BCUT2D eigenvalue weighted by atomic mass is 32.1. The van der Waals surface area contributed by atoms with E-state index >= 15 is 0 Å². The van der Waals surface area contributed by atoms with Crippen LogP contribution in [0, 0.1) is 0 Å². The molecule has 1 saturated carbocycles. The summed E-state index contributed by atoms with van der Waals surface area (Å²) in [6.45, 7) is 8.09. The summed E-state index contributed by atoms with van der Waals surface area (Å²) in [5, 5.41) is 1.32. The van der Waals surface area contributed by atoms with Crippen molar-refractivity contribution in [2.45, 2.75) is 77.6 Å². The number of hydrogen-bond donors (Lipinski definition) is 0. The third-order valence-electron chi connectivity index (χ3n) is 5.30. The van der Waals surface area contributed by atoms with E-state index in [0.717, 1.165) is 42.7 Å². The third kappa shape index (κ3) is 4.05. The number of rotatable bonds is 7. The molecular formula is C21H28FNS. The zero-order valence-electron chi connectivity index (χ0n) is 15.3. The molecule has 3 heteroatoms. The van der Waals surface area contributed by atoms with Crippen LogP contribution >= 0.6 is 11.3 Å². The van der Waals surface area contributed by atoms with Gasteiger partial charge in [0.25, 0.3) is 0 Å². The summed E-state index contributed by atoms with van der Waals surface area (Å²) in [7, 11) is 0. The Hall–Kier alpha value is -1.22. The van der Waals surface area contributed by atoms with Gasteiger partial charge in [-0.25, -0.2) is 9.37 Å². The highest BCUT2D eigenvalue weighted by molar-refractivity contribution is 7.18. The molecule has 1 fully saturated rings. The Balaban J connectivity index is 1.65. The molecule has 130 valence electrons. The number of aromatic nitrogens is 1. The van der Waals surface area contributed by atoms with Crippen LogP contribution in [0.4, 0.5) is 4.39 Å². The molecule has 1 nitrogen and oxygen atoms in total. The van der Waals surface area contributed by atoms with Gasteiger partial charge in [0.1, 0.15) is 0 Å². The molecule has 0 saturated heterocycles. The van der Waals surface area contributed by atoms with E-state index in [9.17, 15) is 4.39 Å². The van der Waals surface area contributed by atoms with E-state index in [4.69, 9.17) is 4.98 Å². The summed E-state index contributed by atoms with van der Waals surface area (Å²) in [6.07, 6.45) is 6.81. The van der Waals surface area contributed by atoms with Crippen LogP contribution in [-0.4, -0.2) is 4.98 Å². The average Bonchev–Trinajstić information content (AvgIpc) is 3.30. The Labute approximate surface area is 149 Å². The third-order valence-corrected chi connectivity index (χ3v) is 6.49. The van der Waals surface area contributed by atoms with Crippen LogP contribution in [0.15, 0.2) is 29.6 Å². The first kappa shape index (κ1) is 17.6. The topological polar surface area (TPSA) is 12.9 Å². The number of hydrogen-bond acceptors (Lipinski definition) is 2. The van der Waals surface area contributed by atoms with E-state index in [0.29, 0.717) is 0 Å². The molecule has 1 aromatic carbocycles. The maximum absolute atomic E-state index is 13.1. The lowest BCUT2D eigenvalue weighted by Crippen LogP contribution is -2.16. The number of nitrogens with zero attached hydrogens (tertiary/aromatic N) is 1. The first-order valence-electron chi connectivity index (χ1n) is 9.09. The highest BCUT2D eigenvalue weighted by Crippen LogP contribution is 2.44. The SMILES string of the molecule is CC(F)=C(C)CCCCC(C)(C)c1ccc2nc(C3CC3)sc2c1. The summed E-state index contributed by atoms with van der Waals surface area (Å²) >= 11 is 1.87. The molecule has 0 amide bonds. The number of fused-ring (bicyclic) bond motifs is 1. The van der Waals surface area contributed by atoms with Gasteiger partial charge in [0, 0.05) is 5.92 Å². The Morgan fingerprint density at radius 2 is 2.00 bits per heavy atom. The fourth-order valence-electron chi connectivity index (χ4n) is 3.14. The summed E-state index contributed by atoms with van der Waals surface area (Å²) in [5.74, 6) is 0.713. The van der Waals surface area contributed by atoms with Gasteiger partial charge in [-0.1, -0.05) is 26.3 Å². The zero-order valence-corrected chi connectivity index (χ0v) is 16.1. The van der Waals surface area contributed by atoms with Crippen LogP contribution in [0.1, 0.15) is 82.7 Å². The van der Waals surface area contributed by atoms with Crippen molar-refractivity contribution >= 4 is 21.6 Å². The predicted molar refractivity (Wildman–Crippen MR) is 103 cm³/mol. The Kier molecular flexibility index (Phi) is 5.10. The smallest absolute Gasteiger partial charge is 0.0969 e. The van der Waals surface area contributed by atoms with Gasteiger partial charge in [-0.3, -0.25) is 0 Å². The molecule has 1 heterocycles. The quantitative estimate of drug-likeness (QED) is 0.481. The minimum Gasteiger partial charge on any atom is -0.241 e. The van der Waals surface area contributed by atoms with Crippen molar-refractivity contribution in [3.63, 3.8) is 0 Å². The molecule has 0 radical (unpaired) electrons. The van der Waals surface area contributed by atoms with Gasteiger partial charge < -0.3 is 0 Å². The van der Waals surface area contributed by atoms with Crippen molar-refractivity contribution in [3.8, 4) is 0 Å². The molecule has 0 atom stereocenters. The largest absolute Gasteiger partial charge is 0.241 e. The predicted octanol–water partition coefficient (Wildman–Crippen LogP) is 7.28. The summed E-state index contributed by atoms with van der Waals surface area (Å²) in [5.41, 5.74) is 3.60. The second-order valence-electron chi connectivity index (χ2n) is 7.91. The minimum atomic E-state index is -0.0172. The van der Waals surface area contributed by atoms with E-state index in [-0.39, 0.29) is 11.2 Å². The highest BCUT2D eigenvalue weighted by Gasteiger charge is 2.27. The molecule has 1 aliphatic carbocycles. The van der Waals surface area contributed by atoms with Crippen LogP contribution in [0.3, 0.4) is 0 Å². The molecule has 1 aromatic heterocycles. The van der Waals surface area contributed by atoms with Crippen molar-refractivity contribution in [1.29, 1.82) is 0 Å². The number of halogens is 1. The maximum Gasteiger partial charge on any atom is 0.0969 e. The van der Waals surface area contributed by atoms with Crippen LogP contribution in [0.5, 0.6) is 0 Å². The number of unbranched alkanes of at least 4 members (excludes halogenated alkanes) is 1. The van der Waals surface area contributed by atoms with Gasteiger partial charge in [-0.05, 0) is 74.6 Å². The molecule has 24 heavy (non-hydrogen) atoms. The molecule has 3 rings (SSSR count). The lowest BCUT2D eigenvalue weighted by atomic mass is 9.80. The second kappa shape index (κ2) is 6.95.